The van der Waals surface area contributed by atoms with E-state index >= 15 is 0 Å². The molecule has 0 radical (unpaired) electrons. The van der Waals surface area contributed by atoms with E-state index in [1.165, 1.54) is 25.6 Å². The van der Waals surface area contributed by atoms with Crippen LogP contribution in [-0.4, -0.2) is 23.0 Å². The van der Waals surface area contributed by atoms with Crippen LogP contribution in [-0.2, 0) is 9.53 Å². The molecular weight excluding hydrogens is 234 g/mol. The highest BCUT2D eigenvalue weighted by Gasteiger charge is 2.09. The molecule has 0 aromatic carbocycles. The summed E-state index contributed by atoms with van der Waals surface area (Å²) in [6.45, 7) is 0. The van der Waals surface area contributed by atoms with Crippen molar-refractivity contribution in [1.29, 1.82) is 0 Å². The maximum Gasteiger partial charge on any atom is 0.330 e. The lowest BCUT2D eigenvalue weighted by molar-refractivity contribution is -0.134. The summed E-state index contributed by atoms with van der Waals surface area (Å²) in [5.41, 5.74) is 6.67. The zero-order valence-corrected chi connectivity index (χ0v) is 9.66. The first-order chi connectivity index (χ1) is 8.70. The largest absolute Gasteiger partial charge is 0.466 e. The van der Waals surface area contributed by atoms with E-state index in [0.29, 0.717) is 17.0 Å². The molecule has 0 atom stereocenters. The van der Waals surface area contributed by atoms with Crippen LogP contribution in [0.2, 0.25) is 0 Å². The van der Waals surface area contributed by atoms with Crippen LogP contribution in [0.4, 0.5) is 5.95 Å². The van der Waals surface area contributed by atoms with E-state index in [9.17, 15) is 4.79 Å². The third-order valence-electron chi connectivity index (χ3n) is 2.19. The first kappa shape index (κ1) is 11.8. The number of hydrogen-bond acceptors (Lipinski definition) is 6. The summed E-state index contributed by atoms with van der Waals surface area (Å²) in [5.74, 6) is 0.224. The van der Waals surface area contributed by atoms with Crippen molar-refractivity contribution in [2.75, 3.05) is 12.8 Å². The van der Waals surface area contributed by atoms with Crippen LogP contribution in [0.25, 0.3) is 17.5 Å². The van der Waals surface area contributed by atoms with Gasteiger partial charge in [0.15, 0.2) is 5.76 Å². The summed E-state index contributed by atoms with van der Waals surface area (Å²) in [5, 5.41) is 0. The lowest BCUT2D eigenvalue weighted by Gasteiger charge is -2.02. The molecular formula is C12H11N3O3. The minimum Gasteiger partial charge on any atom is -0.466 e. The van der Waals surface area contributed by atoms with E-state index in [-0.39, 0.29) is 5.95 Å². The molecule has 0 aliphatic carbocycles. The number of hydrogen-bond donors (Lipinski definition) is 1. The van der Waals surface area contributed by atoms with E-state index < -0.39 is 5.97 Å². The van der Waals surface area contributed by atoms with Crippen molar-refractivity contribution in [2.45, 2.75) is 0 Å². The predicted molar refractivity (Wildman–Crippen MR) is 65.2 cm³/mol. The fourth-order valence-corrected chi connectivity index (χ4v) is 1.36. The number of anilines is 1. The van der Waals surface area contributed by atoms with Gasteiger partial charge < -0.3 is 14.9 Å². The van der Waals surface area contributed by atoms with Crippen LogP contribution < -0.4 is 5.73 Å². The van der Waals surface area contributed by atoms with Crippen molar-refractivity contribution >= 4 is 18.0 Å². The quantitative estimate of drug-likeness (QED) is 0.651. The van der Waals surface area contributed by atoms with Gasteiger partial charge in [-0.3, -0.25) is 0 Å². The summed E-state index contributed by atoms with van der Waals surface area (Å²) in [4.78, 5) is 19.0. The Kier molecular flexibility index (Phi) is 3.38. The summed E-state index contributed by atoms with van der Waals surface area (Å²) in [6, 6.07) is 3.48. The zero-order chi connectivity index (χ0) is 13.0. The van der Waals surface area contributed by atoms with Gasteiger partial charge in [-0.05, 0) is 18.2 Å². The highest BCUT2D eigenvalue weighted by Crippen LogP contribution is 2.23. The van der Waals surface area contributed by atoms with Crippen molar-refractivity contribution < 1.29 is 13.9 Å². The number of rotatable bonds is 3. The Bertz CT molecular complexity index is 576. The van der Waals surface area contributed by atoms with Gasteiger partial charge in [0.05, 0.1) is 13.4 Å². The van der Waals surface area contributed by atoms with Gasteiger partial charge in [0.2, 0.25) is 5.95 Å². The Labute approximate surface area is 103 Å². The second-order valence-corrected chi connectivity index (χ2v) is 3.37. The first-order valence-electron chi connectivity index (χ1n) is 5.13. The van der Waals surface area contributed by atoms with E-state index in [4.69, 9.17) is 10.2 Å². The molecule has 2 aromatic heterocycles. The van der Waals surface area contributed by atoms with Gasteiger partial charge in [-0.2, -0.15) is 0 Å². The van der Waals surface area contributed by atoms with Gasteiger partial charge in [0.1, 0.15) is 5.69 Å². The lowest BCUT2D eigenvalue weighted by atomic mass is 10.2. The molecule has 0 saturated heterocycles. The molecule has 92 valence electrons. The number of esters is 1. The molecule has 0 fully saturated rings. The average molecular weight is 245 g/mol. The second-order valence-electron chi connectivity index (χ2n) is 3.37. The number of nitrogen functional groups attached to an aromatic ring is 1. The van der Waals surface area contributed by atoms with Crippen LogP contribution >= 0.6 is 0 Å². The van der Waals surface area contributed by atoms with Gasteiger partial charge in [0.25, 0.3) is 0 Å². The van der Waals surface area contributed by atoms with Gasteiger partial charge in [-0.15, -0.1) is 0 Å². The maximum absolute atomic E-state index is 11.1. The Hall–Kier alpha value is -2.63. The number of nitrogens with zero attached hydrogens (tertiary/aromatic N) is 2. The van der Waals surface area contributed by atoms with Crippen LogP contribution in [0.3, 0.4) is 0 Å². The molecule has 2 N–H and O–H groups in total. The molecule has 2 heterocycles. The minimum absolute atomic E-state index is 0.136. The van der Waals surface area contributed by atoms with E-state index in [1.54, 1.807) is 18.2 Å². The van der Waals surface area contributed by atoms with Gasteiger partial charge >= 0.3 is 5.97 Å². The monoisotopic (exact) mass is 245 g/mol. The van der Waals surface area contributed by atoms with Gasteiger partial charge in [-0.1, -0.05) is 0 Å². The van der Waals surface area contributed by atoms with Crippen molar-refractivity contribution in [1.82, 2.24) is 9.97 Å². The van der Waals surface area contributed by atoms with Gasteiger partial charge in [-0.25, -0.2) is 14.8 Å². The fourth-order valence-electron chi connectivity index (χ4n) is 1.36. The summed E-state index contributed by atoms with van der Waals surface area (Å²) in [7, 11) is 1.31. The molecule has 0 unspecified atom stereocenters. The highest BCUT2D eigenvalue weighted by molar-refractivity contribution is 5.88. The van der Waals surface area contributed by atoms with Crippen molar-refractivity contribution in [3.8, 4) is 11.5 Å². The molecule has 0 aliphatic heterocycles. The molecule has 18 heavy (non-hydrogen) atoms. The Balaban J connectivity index is 2.41. The molecule has 6 nitrogen and oxygen atoms in total. The minimum atomic E-state index is -0.461. The Morgan fingerprint density at radius 2 is 2.39 bits per heavy atom. The van der Waals surface area contributed by atoms with E-state index in [0.717, 1.165) is 0 Å². The number of furan rings is 1. The zero-order valence-electron chi connectivity index (χ0n) is 9.66. The molecule has 0 amide bonds. The SMILES string of the molecule is COC(=O)C=Cc1cnc(N)nc1-c1ccco1. The second kappa shape index (κ2) is 5.13. The standard InChI is InChI=1S/C12H11N3O3/c1-17-10(16)5-4-8-7-14-12(13)15-11(8)9-3-2-6-18-9/h2-7H,1H3,(H2,13,14,15). The number of carbonyl (C=O) groups excluding carboxylic acids is 1. The number of carbonyl (C=O) groups is 1. The molecule has 0 bridgehead atoms. The Morgan fingerprint density at radius 1 is 1.56 bits per heavy atom. The first-order valence-corrected chi connectivity index (χ1v) is 5.13. The van der Waals surface area contributed by atoms with Crippen molar-refractivity contribution in [3.05, 3.63) is 36.2 Å². The third-order valence-corrected chi connectivity index (χ3v) is 2.19. The fraction of sp³-hybridized carbons (Fsp3) is 0.0833. The predicted octanol–water partition coefficient (Wildman–Crippen LogP) is 1.50. The van der Waals surface area contributed by atoms with Crippen molar-refractivity contribution in [2.24, 2.45) is 0 Å². The molecule has 2 aromatic rings. The maximum atomic E-state index is 11.1. The Morgan fingerprint density at radius 3 is 3.06 bits per heavy atom. The van der Waals surface area contributed by atoms with Gasteiger partial charge in [0, 0.05) is 17.8 Å². The topological polar surface area (TPSA) is 91.2 Å². The summed E-state index contributed by atoms with van der Waals surface area (Å²) >= 11 is 0. The highest BCUT2D eigenvalue weighted by atomic mass is 16.5. The molecule has 0 spiro atoms. The van der Waals surface area contributed by atoms with Crippen LogP contribution in [0.5, 0.6) is 0 Å². The number of ether oxygens (including phenoxy) is 1. The third kappa shape index (κ3) is 2.54. The smallest absolute Gasteiger partial charge is 0.330 e. The van der Waals surface area contributed by atoms with Crippen LogP contribution in [0, 0.1) is 0 Å². The molecule has 0 saturated carbocycles. The normalized spacial score (nSPS) is 10.7. The molecule has 6 heteroatoms. The van der Waals surface area contributed by atoms with E-state index in [2.05, 4.69) is 14.7 Å². The average Bonchev–Trinajstić information content (AvgIpc) is 2.90. The summed E-state index contributed by atoms with van der Waals surface area (Å²) < 4.78 is 9.76. The van der Waals surface area contributed by atoms with E-state index in [1.807, 2.05) is 0 Å². The van der Waals surface area contributed by atoms with Crippen LogP contribution in [0.15, 0.2) is 35.1 Å². The number of methoxy groups -OCH3 is 1. The number of nitrogens with two attached hydrogens (primary N) is 1. The van der Waals surface area contributed by atoms with Crippen molar-refractivity contribution in [3.63, 3.8) is 0 Å². The van der Waals surface area contributed by atoms with Crippen LogP contribution in [0.1, 0.15) is 5.56 Å². The lowest BCUT2D eigenvalue weighted by Crippen LogP contribution is -1.99. The molecule has 0 aliphatic rings. The molecule has 2 rings (SSSR count). The summed E-state index contributed by atoms with van der Waals surface area (Å²) in [6.07, 6.45) is 5.87. The number of aromatic nitrogens is 2.